The van der Waals surface area contributed by atoms with Gasteiger partial charge in [-0.3, -0.25) is 4.99 Å². The zero-order valence-electron chi connectivity index (χ0n) is 7.54. The van der Waals surface area contributed by atoms with Crippen LogP contribution in [0.2, 0.25) is 0 Å². The monoisotopic (exact) mass is 205 g/mol. The van der Waals surface area contributed by atoms with Crippen molar-refractivity contribution < 1.29 is 13.2 Å². The standard InChI is InChI=1S/C8H10F3N3/c1-6(4-12)14-5-7(13)2-3-8(9,10)11/h2,5-6H,3,13H2,1H3/b7-2+,14-5-. The van der Waals surface area contributed by atoms with Crippen LogP contribution in [0.5, 0.6) is 0 Å². The van der Waals surface area contributed by atoms with E-state index in [0.717, 1.165) is 12.3 Å². The van der Waals surface area contributed by atoms with Gasteiger partial charge in [0.15, 0.2) is 0 Å². The first kappa shape index (κ1) is 12.5. The Morgan fingerprint density at radius 1 is 1.64 bits per heavy atom. The van der Waals surface area contributed by atoms with E-state index in [1.807, 2.05) is 0 Å². The van der Waals surface area contributed by atoms with Crippen LogP contribution in [0.25, 0.3) is 0 Å². The quantitative estimate of drug-likeness (QED) is 0.713. The molecule has 1 unspecified atom stereocenters. The van der Waals surface area contributed by atoms with E-state index in [4.69, 9.17) is 11.0 Å². The van der Waals surface area contributed by atoms with Crippen LogP contribution in [0.15, 0.2) is 16.8 Å². The summed E-state index contributed by atoms with van der Waals surface area (Å²) in [5.74, 6) is 0. The highest BCUT2D eigenvalue weighted by Gasteiger charge is 2.24. The van der Waals surface area contributed by atoms with Crippen LogP contribution < -0.4 is 5.73 Å². The Kier molecular flexibility index (Phi) is 4.70. The number of hydrogen-bond donors (Lipinski definition) is 1. The largest absolute Gasteiger partial charge is 0.398 e. The summed E-state index contributed by atoms with van der Waals surface area (Å²) in [7, 11) is 0. The van der Waals surface area contributed by atoms with Crippen molar-refractivity contribution in [3.05, 3.63) is 11.8 Å². The molecule has 14 heavy (non-hydrogen) atoms. The van der Waals surface area contributed by atoms with Crippen molar-refractivity contribution in [3.63, 3.8) is 0 Å². The van der Waals surface area contributed by atoms with Crippen molar-refractivity contribution >= 4 is 6.21 Å². The SMILES string of the molecule is CC(C#N)/N=C\C(N)=C/CC(F)(F)F. The van der Waals surface area contributed by atoms with Crippen LogP contribution in [0.4, 0.5) is 13.2 Å². The van der Waals surface area contributed by atoms with Gasteiger partial charge in [0, 0.05) is 11.9 Å². The lowest BCUT2D eigenvalue weighted by atomic mass is 10.3. The molecule has 6 heteroatoms. The Morgan fingerprint density at radius 2 is 2.21 bits per heavy atom. The van der Waals surface area contributed by atoms with Gasteiger partial charge in [0.05, 0.1) is 12.5 Å². The first-order chi connectivity index (χ1) is 6.35. The fourth-order valence-electron chi connectivity index (χ4n) is 0.517. The summed E-state index contributed by atoms with van der Waals surface area (Å²) in [6.45, 7) is 1.51. The van der Waals surface area contributed by atoms with Crippen molar-refractivity contribution in [1.29, 1.82) is 5.26 Å². The molecule has 0 aromatic rings. The summed E-state index contributed by atoms with van der Waals surface area (Å²) < 4.78 is 35.1. The van der Waals surface area contributed by atoms with Gasteiger partial charge in [0.25, 0.3) is 0 Å². The molecule has 0 bridgehead atoms. The van der Waals surface area contributed by atoms with Crippen LogP contribution in [-0.2, 0) is 0 Å². The molecule has 0 rings (SSSR count). The molecule has 0 aliphatic heterocycles. The maximum atomic E-state index is 11.7. The van der Waals surface area contributed by atoms with Gasteiger partial charge in [-0.2, -0.15) is 18.4 Å². The second-order valence-corrected chi connectivity index (χ2v) is 2.61. The van der Waals surface area contributed by atoms with Crippen molar-refractivity contribution in [3.8, 4) is 6.07 Å². The highest BCUT2D eigenvalue weighted by molar-refractivity contribution is 5.77. The minimum atomic E-state index is -4.26. The third-order valence-corrected chi connectivity index (χ3v) is 1.20. The lowest BCUT2D eigenvalue weighted by Gasteiger charge is -2.01. The molecule has 0 heterocycles. The molecule has 78 valence electrons. The highest BCUT2D eigenvalue weighted by atomic mass is 19.4. The molecular weight excluding hydrogens is 195 g/mol. The Bertz CT molecular complexity index is 273. The van der Waals surface area contributed by atoms with Gasteiger partial charge >= 0.3 is 6.18 Å². The average Bonchev–Trinajstić information content (AvgIpc) is 2.09. The normalized spacial score (nSPS) is 15.5. The number of alkyl halides is 3. The van der Waals surface area contributed by atoms with E-state index in [1.54, 1.807) is 6.07 Å². The fourth-order valence-corrected chi connectivity index (χ4v) is 0.517. The molecule has 2 N–H and O–H groups in total. The Labute approximate surface area is 79.7 Å². The van der Waals surface area contributed by atoms with E-state index < -0.39 is 18.6 Å². The Balaban J connectivity index is 4.16. The molecular formula is C8H10F3N3. The van der Waals surface area contributed by atoms with Crippen LogP contribution in [-0.4, -0.2) is 18.4 Å². The van der Waals surface area contributed by atoms with Crippen molar-refractivity contribution in [2.24, 2.45) is 10.7 Å². The van der Waals surface area contributed by atoms with Gasteiger partial charge in [-0.25, -0.2) is 0 Å². The zero-order chi connectivity index (χ0) is 11.2. The molecule has 0 aliphatic carbocycles. The number of rotatable bonds is 3. The molecule has 3 nitrogen and oxygen atoms in total. The minimum absolute atomic E-state index is 0.0931. The summed E-state index contributed by atoms with van der Waals surface area (Å²) in [6, 6.07) is 1.19. The van der Waals surface area contributed by atoms with E-state index in [-0.39, 0.29) is 5.70 Å². The zero-order valence-corrected chi connectivity index (χ0v) is 7.54. The van der Waals surface area contributed by atoms with Crippen LogP contribution >= 0.6 is 0 Å². The number of nitrogens with zero attached hydrogens (tertiary/aromatic N) is 2. The molecule has 1 atom stereocenters. The molecule has 0 radical (unpaired) electrons. The number of allylic oxidation sites excluding steroid dienone is 2. The predicted molar refractivity (Wildman–Crippen MR) is 46.5 cm³/mol. The van der Waals surface area contributed by atoms with E-state index in [2.05, 4.69) is 4.99 Å². The fraction of sp³-hybridized carbons (Fsp3) is 0.500. The molecule has 0 aromatic carbocycles. The molecule has 0 saturated heterocycles. The maximum Gasteiger partial charge on any atom is 0.392 e. The highest BCUT2D eigenvalue weighted by Crippen LogP contribution is 2.19. The van der Waals surface area contributed by atoms with Gasteiger partial charge in [0.1, 0.15) is 6.04 Å². The second-order valence-electron chi connectivity index (χ2n) is 2.61. The molecule has 0 fully saturated rings. The van der Waals surface area contributed by atoms with Crippen molar-refractivity contribution in [2.75, 3.05) is 0 Å². The second kappa shape index (κ2) is 5.27. The molecule has 0 saturated carbocycles. The lowest BCUT2D eigenvalue weighted by molar-refractivity contribution is -0.125. The molecule has 0 spiro atoms. The number of halogens is 3. The third-order valence-electron chi connectivity index (χ3n) is 1.20. The summed E-state index contributed by atoms with van der Waals surface area (Å²) in [4.78, 5) is 3.60. The van der Waals surface area contributed by atoms with Crippen molar-refractivity contribution in [2.45, 2.75) is 25.6 Å². The number of aliphatic imine (C=N–C) groups is 1. The molecule has 0 aromatic heterocycles. The van der Waals surface area contributed by atoms with Gasteiger partial charge in [0.2, 0.25) is 0 Å². The Morgan fingerprint density at radius 3 is 2.64 bits per heavy atom. The van der Waals surface area contributed by atoms with Gasteiger partial charge in [-0.15, -0.1) is 0 Å². The Hall–Kier alpha value is -1.51. The lowest BCUT2D eigenvalue weighted by Crippen LogP contribution is -2.08. The smallest absolute Gasteiger partial charge is 0.392 e. The van der Waals surface area contributed by atoms with E-state index >= 15 is 0 Å². The topological polar surface area (TPSA) is 62.2 Å². The number of nitriles is 1. The van der Waals surface area contributed by atoms with E-state index in [1.165, 1.54) is 6.92 Å². The van der Waals surface area contributed by atoms with Crippen molar-refractivity contribution in [1.82, 2.24) is 0 Å². The average molecular weight is 205 g/mol. The first-order valence-corrected chi connectivity index (χ1v) is 3.80. The minimum Gasteiger partial charge on any atom is -0.398 e. The van der Waals surface area contributed by atoms with Gasteiger partial charge < -0.3 is 5.73 Å². The maximum absolute atomic E-state index is 11.7. The summed E-state index contributed by atoms with van der Waals surface area (Å²) >= 11 is 0. The summed E-state index contributed by atoms with van der Waals surface area (Å²) in [5, 5.41) is 8.30. The van der Waals surface area contributed by atoms with E-state index in [9.17, 15) is 13.2 Å². The van der Waals surface area contributed by atoms with E-state index in [0.29, 0.717) is 0 Å². The van der Waals surface area contributed by atoms with Gasteiger partial charge in [-0.05, 0) is 6.92 Å². The summed E-state index contributed by atoms with van der Waals surface area (Å²) in [6.07, 6.45) is -3.49. The van der Waals surface area contributed by atoms with Crippen LogP contribution in [0.1, 0.15) is 13.3 Å². The predicted octanol–water partition coefficient (Wildman–Crippen LogP) is 1.76. The molecule has 0 aliphatic rings. The third kappa shape index (κ3) is 7.16. The number of nitrogens with two attached hydrogens (primary N) is 1. The van der Waals surface area contributed by atoms with Crippen LogP contribution in [0, 0.1) is 11.3 Å². The molecule has 0 amide bonds. The van der Waals surface area contributed by atoms with Gasteiger partial charge in [-0.1, -0.05) is 6.08 Å². The number of hydrogen-bond acceptors (Lipinski definition) is 3. The van der Waals surface area contributed by atoms with Crippen LogP contribution in [0.3, 0.4) is 0 Å². The first-order valence-electron chi connectivity index (χ1n) is 3.80. The summed E-state index contributed by atoms with van der Waals surface area (Å²) in [5.41, 5.74) is 5.09.